The molecule has 0 fully saturated rings. The Bertz CT molecular complexity index is 115. The molecule has 0 rings (SSSR count). The van der Waals surface area contributed by atoms with Gasteiger partial charge >= 0.3 is 6.41 Å². The second kappa shape index (κ2) is 5.09. The van der Waals surface area contributed by atoms with E-state index in [9.17, 15) is 4.79 Å². The van der Waals surface area contributed by atoms with Gasteiger partial charge in [-0.1, -0.05) is 12.2 Å². The van der Waals surface area contributed by atoms with Crippen molar-refractivity contribution in [2.24, 2.45) is 0 Å². The molecule has 0 aromatic rings. The number of hydrogen-bond donors (Lipinski definition) is 0. The maximum Gasteiger partial charge on any atom is 0.320 e. The summed E-state index contributed by atoms with van der Waals surface area (Å²) in [6.45, 7) is 3.68. The molecule has 0 saturated carbocycles. The molecule has 0 bridgehead atoms. The summed E-state index contributed by atoms with van der Waals surface area (Å²) >= 11 is 0. The van der Waals surface area contributed by atoms with Gasteiger partial charge in [0.1, 0.15) is 0 Å². The molecule has 0 unspecified atom stereocenters. The zero-order valence-corrected chi connectivity index (χ0v) is 5.66. The van der Waals surface area contributed by atoms with Crippen LogP contribution in [0.1, 0.15) is 13.8 Å². The van der Waals surface area contributed by atoms with E-state index in [1.807, 2.05) is 13.8 Å². The van der Waals surface area contributed by atoms with E-state index in [4.69, 9.17) is 0 Å². The maximum atomic E-state index is 9.98. The fourth-order valence-corrected chi connectivity index (χ4v) is 0.432. The average Bonchev–Trinajstić information content (AvgIpc) is 1.88. The van der Waals surface area contributed by atoms with E-state index >= 15 is 0 Å². The summed E-state index contributed by atoms with van der Waals surface area (Å²) in [5.74, 6) is 0. The Balaban J connectivity index is 3.82. The van der Waals surface area contributed by atoms with Crippen LogP contribution >= 0.6 is 0 Å². The van der Waals surface area contributed by atoms with E-state index in [-0.39, 0.29) is 0 Å². The standard InChI is InChI=1S/C7H10NO/c1-3-5-8(7-9)6-4-2/h3-6H,1-2H3. The molecule has 0 aromatic heterocycles. The minimum Gasteiger partial charge on any atom is -0.287 e. The lowest BCUT2D eigenvalue weighted by molar-refractivity contribution is 0.512. The predicted molar refractivity (Wildman–Crippen MR) is 37.2 cm³/mol. The highest BCUT2D eigenvalue weighted by Gasteiger charge is 1.85. The number of hydrogen-bond acceptors (Lipinski definition) is 1. The van der Waals surface area contributed by atoms with Crippen molar-refractivity contribution < 1.29 is 4.79 Å². The smallest absolute Gasteiger partial charge is 0.287 e. The van der Waals surface area contributed by atoms with Crippen LogP contribution in [0.25, 0.3) is 0 Å². The van der Waals surface area contributed by atoms with Gasteiger partial charge in [0, 0.05) is 12.4 Å². The molecule has 0 atom stereocenters. The van der Waals surface area contributed by atoms with E-state index in [0.717, 1.165) is 0 Å². The van der Waals surface area contributed by atoms with Gasteiger partial charge in [0.15, 0.2) is 0 Å². The second-order valence-corrected chi connectivity index (χ2v) is 1.46. The third-order valence-electron chi connectivity index (χ3n) is 0.725. The first-order chi connectivity index (χ1) is 4.35. The largest absolute Gasteiger partial charge is 0.320 e. The van der Waals surface area contributed by atoms with Crippen LogP contribution in [0.5, 0.6) is 0 Å². The van der Waals surface area contributed by atoms with Crippen molar-refractivity contribution >= 4 is 6.41 Å². The summed E-state index contributed by atoms with van der Waals surface area (Å²) < 4.78 is 0. The number of allylic oxidation sites excluding steroid dienone is 2. The second-order valence-electron chi connectivity index (χ2n) is 1.46. The third kappa shape index (κ3) is 3.53. The molecule has 9 heavy (non-hydrogen) atoms. The zero-order valence-electron chi connectivity index (χ0n) is 5.66. The Kier molecular flexibility index (Phi) is 4.50. The van der Waals surface area contributed by atoms with Gasteiger partial charge in [0.2, 0.25) is 0 Å². The lowest BCUT2D eigenvalue weighted by Gasteiger charge is -1.99. The molecule has 0 aromatic carbocycles. The van der Waals surface area contributed by atoms with E-state index in [0.29, 0.717) is 0 Å². The predicted octanol–water partition coefficient (Wildman–Crippen LogP) is 1.42. The minimum atomic E-state index is 1.32. The van der Waals surface area contributed by atoms with Crippen LogP contribution in [0.2, 0.25) is 0 Å². The molecule has 0 N–H and O–H groups in total. The van der Waals surface area contributed by atoms with Crippen molar-refractivity contribution in [3.63, 3.8) is 0 Å². The monoisotopic (exact) mass is 124 g/mol. The lowest BCUT2D eigenvalue weighted by atomic mass is 10.6. The topological polar surface area (TPSA) is 20.3 Å². The number of carbonyl (C=O) groups excluding carboxylic acids is 1. The number of rotatable bonds is 3. The van der Waals surface area contributed by atoms with Crippen molar-refractivity contribution in [2.45, 2.75) is 13.8 Å². The minimum absolute atomic E-state index is 1.32. The highest BCUT2D eigenvalue weighted by atomic mass is 16.1. The van der Waals surface area contributed by atoms with Gasteiger partial charge in [-0.05, 0) is 13.8 Å². The van der Waals surface area contributed by atoms with Crippen LogP contribution in [-0.4, -0.2) is 11.3 Å². The van der Waals surface area contributed by atoms with E-state index in [1.165, 1.54) is 4.90 Å². The maximum absolute atomic E-state index is 9.98. The van der Waals surface area contributed by atoms with Crippen LogP contribution in [0.15, 0.2) is 24.6 Å². The lowest BCUT2D eigenvalue weighted by Crippen LogP contribution is -2.04. The summed E-state index contributed by atoms with van der Waals surface area (Å²) in [7, 11) is 0. The molecule has 1 radical (unpaired) electrons. The molecular formula is C7H10NO. The molecule has 0 heterocycles. The molecule has 1 amide bonds. The Labute approximate surface area is 55.5 Å². The first-order valence-electron chi connectivity index (χ1n) is 2.77. The van der Waals surface area contributed by atoms with Crippen LogP contribution in [-0.2, 0) is 4.79 Å². The fraction of sp³-hybridized carbons (Fsp3) is 0.286. The van der Waals surface area contributed by atoms with Crippen LogP contribution in [0, 0.1) is 0 Å². The molecule has 0 saturated heterocycles. The van der Waals surface area contributed by atoms with Crippen LogP contribution in [0.3, 0.4) is 0 Å². The first-order valence-corrected chi connectivity index (χ1v) is 2.77. The van der Waals surface area contributed by atoms with Gasteiger partial charge in [-0.3, -0.25) is 9.69 Å². The summed E-state index contributed by atoms with van der Waals surface area (Å²) in [6, 6.07) is 0. The van der Waals surface area contributed by atoms with Crippen molar-refractivity contribution in [1.29, 1.82) is 0 Å². The van der Waals surface area contributed by atoms with E-state index in [2.05, 4.69) is 0 Å². The van der Waals surface area contributed by atoms with Gasteiger partial charge in [0.05, 0.1) is 0 Å². The molecule has 0 aliphatic rings. The Hall–Kier alpha value is -1.05. The molecule has 0 aliphatic carbocycles. The molecule has 0 aliphatic heterocycles. The molecule has 49 valence electrons. The van der Waals surface area contributed by atoms with Crippen molar-refractivity contribution in [3.8, 4) is 0 Å². The van der Waals surface area contributed by atoms with Gasteiger partial charge in [0.25, 0.3) is 0 Å². The SMILES string of the molecule is CC=CN([C]=O)C=CC. The van der Waals surface area contributed by atoms with E-state index in [1.54, 1.807) is 31.0 Å². The first kappa shape index (κ1) is 7.95. The fourth-order valence-electron chi connectivity index (χ4n) is 0.432. The molecule has 2 nitrogen and oxygen atoms in total. The Morgan fingerprint density at radius 2 is 1.67 bits per heavy atom. The van der Waals surface area contributed by atoms with Crippen LogP contribution < -0.4 is 0 Å². The highest BCUT2D eigenvalue weighted by molar-refractivity contribution is 5.51. The Morgan fingerprint density at radius 3 is 1.89 bits per heavy atom. The van der Waals surface area contributed by atoms with Gasteiger partial charge in [-0.15, -0.1) is 0 Å². The van der Waals surface area contributed by atoms with E-state index < -0.39 is 0 Å². The van der Waals surface area contributed by atoms with Gasteiger partial charge < -0.3 is 0 Å². The normalized spacial score (nSPS) is 10.9. The summed E-state index contributed by atoms with van der Waals surface area (Å²) in [4.78, 5) is 11.3. The zero-order chi connectivity index (χ0) is 7.11. The van der Waals surface area contributed by atoms with Crippen LogP contribution in [0.4, 0.5) is 0 Å². The summed E-state index contributed by atoms with van der Waals surface area (Å²) in [5.41, 5.74) is 0. The molecular weight excluding hydrogens is 114 g/mol. The summed E-state index contributed by atoms with van der Waals surface area (Å²) in [5, 5.41) is 0. The quantitative estimate of drug-likeness (QED) is 0.521. The summed E-state index contributed by atoms with van der Waals surface area (Å²) in [6.07, 6.45) is 8.52. The third-order valence-corrected chi connectivity index (χ3v) is 0.725. The molecule has 2 heteroatoms. The van der Waals surface area contributed by atoms with Crippen molar-refractivity contribution in [1.82, 2.24) is 4.90 Å². The van der Waals surface area contributed by atoms with Crippen molar-refractivity contribution in [3.05, 3.63) is 24.6 Å². The number of nitrogens with zero attached hydrogens (tertiary/aromatic N) is 1. The van der Waals surface area contributed by atoms with Gasteiger partial charge in [-0.25, -0.2) is 0 Å². The average molecular weight is 124 g/mol. The Morgan fingerprint density at radius 1 is 1.22 bits per heavy atom. The van der Waals surface area contributed by atoms with Crippen molar-refractivity contribution in [2.75, 3.05) is 0 Å². The molecule has 0 spiro atoms. The highest BCUT2D eigenvalue weighted by Crippen LogP contribution is 1.85. The van der Waals surface area contributed by atoms with Gasteiger partial charge in [-0.2, -0.15) is 0 Å². The number of amides is 1.